The number of nitrogens with zero attached hydrogens (tertiary/aromatic N) is 5. The van der Waals surface area contributed by atoms with E-state index in [2.05, 4.69) is 19.9 Å². The predicted molar refractivity (Wildman–Crippen MR) is 104 cm³/mol. The highest BCUT2D eigenvalue weighted by Gasteiger charge is 2.27. The monoisotopic (exact) mass is 460 g/mol. The molecule has 3 aromatic rings. The highest BCUT2D eigenvalue weighted by Crippen LogP contribution is 2.22. The van der Waals surface area contributed by atoms with E-state index in [1.165, 1.54) is 29.1 Å². The van der Waals surface area contributed by atoms with Crippen molar-refractivity contribution in [1.29, 1.82) is 0 Å². The molecule has 160 valence electrons. The van der Waals surface area contributed by atoms with Gasteiger partial charge in [-0.05, 0) is 31.0 Å². The fourth-order valence-corrected chi connectivity index (χ4v) is 3.28. The number of halogens is 4. The topological polar surface area (TPSA) is 86.9 Å². The van der Waals surface area contributed by atoms with Gasteiger partial charge >= 0.3 is 6.18 Å². The zero-order chi connectivity index (χ0) is 21.9. The highest BCUT2D eigenvalue weighted by molar-refractivity contribution is 7.98. The Labute approximate surface area is 178 Å². The van der Waals surface area contributed by atoms with Gasteiger partial charge in [0, 0.05) is 25.5 Å². The predicted octanol–water partition coefficient (Wildman–Crippen LogP) is 3.73. The van der Waals surface area contributed by atoms with Crippen LogP contribution in [0.25, 0.3) is 5.82 Å². The summed E-state index contributed by atoms with van der Waals surface area (Å²) < 4.78 is 47.1. The van der Waals surface area contributed by atoms with Crippen molar-refractivity contribution in [2.24, 2.45) is 7.05 Å². The maximum Gasteiger partial charge on any atom is 0.392 e. The summed E-state index contributed by atoms with van der Waals surface area (Å²) in [6, 6.07) is 4.38. The molecule has 1 N–H and O–H groups in total. The van der Waals surface area contributed by atoms with Crippen LogP contribution in [0.2, 0.25) is 5.15 Å². The molecule has 0 unspecified atom stereocenters. The van der Waals surface area contributed by atoms with Crippen LogP contribution in [0, 0.1) is 6.92 Å². The third-order valence-corrected chi connectivity index (χ3v) is 4.93. The van der Waals surface area contributed by atoms with Gasteiger partial charge in [0.1, 0.15) is 5.15 Å². The Kier molecular flexibility index (Phi) is 6.56. The van der Waals surface area contributed by atoms with Crippen molar-refractivity contribution in [2.75, 3.05) is 6.61 Å². The Hall–Kier alpha value is -2.73. The summed E-state index contributed by atoms with van der Waals surface area (Å²) in [6.45, 7) is 1.28. The molecule has 0 spiro atoms. The second kappa shape index (κ2) is 8.96. The van der Waals surface area contributed by atoms with E-state index in [1.54, 1.807) is 17.9 Å². The molecule has 0 aliphatic carbocycles. The summed E-state index contributed by atoms with van der Waals surface area (Å²) in [6.07, 6.45) is -2.15. The van der Waals surface area contributed by atoms with Gasteiger partial charge in [0.05, 0.1) is 29.2 Å². The van der Waals surface area contributed by atoms with E-state index < -0.39 is 25.1 Å². The second-order valence-corrected chi connectivity index (χ2v) is 7.31. The van der Waals surface area contributed by atoms with Crippen LogP contribution < -0.4 is 9.46 Å². The standard InChI is InChI=1S/C17H16ClF3N6O2S/c1-10-12(9-26(2)23-10)30-25-16(28)11-3-4-13(22-15(11)18)27-7-5-14(24-27)29-8-6-17(19,20)21/h3-5,7,9H,6,8H2,1-2H3,(H,25,28). The van der Waals surface area contributed by atoms with Gasteiger partial charge in [0.2, 0.25) is 5.88 Å². The van der Waals surface area contributed by atoms with Gasteiger partial charge in [0.15, 0.2) is 5.82 Å². The molecule has 0 bridgehead atoms. The summed E-state index contributed by atoms with van der Waals surface area (Å²) in [5.41, 5.74) is 0.928. The Morgan fingerprint density at radius 3 is 2.70 bits per heavy atom. The number of hydrogen-bond donors (Lipinski definition) is 1. The fourth-order valence-electron chi connectivity index (χ4n) is 2.34. The summed E-state index contributed by atoms with van der Waals surface area (Å²) in [5, 5.41) is 8.13. The molecule has 0 aliphatic rings. The minimum Gasteiger partial charge on any atom is -0.476 e. The molecular weight excluding hydrogens is 445 g/mol. The number of aryl methyl sites for hydroxylation is 2. The van der Waals surface area contributed by atoms with Crippen molar-refractivity contribution in [3.05, 3.63) is 47.0 Å². The van der Waals surface area contributed by atoms with E-state index in [0.717, 1.165) is 22.5 Å². The average Bonchev–Trinajstić information content (AvgIpc) is 3.24. The number of aromatic nitrogens is 5. The average molecular weight is 461 g/mol. The van der Waals surface area contributed by atoms with Gasteiger partial charge in [-0.25, -0.2) is 9.67 Å². The zero-order valence-electron chi connectivity index (χ0n) is 15.8. The van der Waals surface area contributed by atoms with Crippen LogP contribution >= 0.6 is 23.5 Å². The van der Waals surface area contributed by atoms with E-state index in [9.17, 15) is 18.0 Å². The molecule has 30 heavy (non-hydrogen) atoms. The molecule has 0 saturated carbocycles. The summed E-state index contributed by atoms with van der Waals surface area (Å²) in [7, 11) is 1.78. The number of carbonyl (C=O) groups excluding carboxylic acids is 1. The lowest BCUT2D eigenvalue weighted by molar-refractivity contribution is -0.139. The van der Waals surface area contributed by atoms with Crippen molar-refractivity contribution in [3.8, 4) is 11.7 Å². The Morgan fingerprint density at radius 1 is 1.30 bits per heavy atom. The summed E-state index contributed by atoms with van der Waals surface area (Å²) in [4.78, 5) is 17.3. The molecule has 1 amide bonds. The smallest absolute Gasteiger partial charge is 0.392 e. The minimum atomic E-state index is -4.30. The number of amides is 1. The molecule has 0 radical (unpaired) electrons. The van der Waals surface area contributed by atoms with Crippen LogP contribution in [0.3, 0.4) is 0 Å². The van der Waals surface area contributed by atoms with Gasteiger partial charge in [-0.3, -0.25) is 14.2 Å². The minimum absolute atomic E-state index is 0.0160. The first-order valence-corrected chi connectivity index (χ1v) is 9.71. The number of carbonyl (C=O) groups is 1. The molecule has 13 heteroatoms. The third kappa shape index (κ3) is 5.66. The van der Waals surface area contributed by atoms with Gasteiger partial charge in [-0.2, -0.15) is 18.3 Å². The number of alkyl halides is 3. The zero-order valence-corrected chi connectivity index (χ0v) is 17.3. The number of pyridine rings is 1. The number of ether oxygens (including phenoxy) is 1. The lowest BCUT2D eigenvalue weighted by atomic mass is 10.3. The normalized spacial score (nSPS) is 11.5. The van der Waals surface area contributed by atoms with Crippen LogP contribution in [0.1, 0.15) is 22.5 Å². The van der Waals surface area contributed by atoms with Crippen LogP contribution in [0.15, 0.2) is 35.5 Å². The lowest BCUT2D eigenvalue weighted by Gasteiger charge is -2.07. The van der Waals surface area contributed by atoms with Crippen LogP contribution in [-0.4, -0.2) is 43.2 Å². The fraction of sp³-hybridized carbons (Fsp3) is 0.294. The van der Waals surface area contributed by atoms with E-state index in [1.807, 2.05) is 6.92 Å². The van der Waals surface area contributed by atoms with Gasteiger partial charge in [-0.1, -0.05) is 11.6 Å². The summed E-state index contributed by atoms with van der Waals surface area (Å²) in [5.74, 6) is -0.149. The lowest BCUT2D eigenvalue weighted by Crippen LogP contribution is -2.17. The van der Waals surface area contributed by atoms with E-state index in [-0.39, 0.29) is 22.4 Å². The highest BCUT2D eigenvalue weighted by atomic mass is 35.5. The van der Waals surface area contributed by atoms with Crippen LogP contribution in [0.5, 0.6) is 5.88 Å². The van der Waals surface area contributed by atoms with Crippen LogP contribution in [-0.2, 0) is 7.05 Å². The van der Waals surface area contributed by atoms with E-state index in [0.29, 0.717) is 0 Å². The molecule has 0 saturated heterocycles. The van der Waals surface area contributed by atoms with Gasteiger partial charge in [0.25, 0.3) is 5.91 Å². The Balaban J connectivity index is 1.63. The molecule has 0 aliphatic heterocycles. The molecule has 8 nitrogen and oxygen atoms in total. The Morgan fingerprint density at radius 2 is 2.07 bits per heavy atom. The molecule has 0 fully saturated rings. The van der Waals surface area contributed by atoms with Gasteiger partial charge < -0.3 is 4.74 Å². The van der Waals surface area contributed by atoms with Gasteiger partial charge in [-0.15, -0.1) is 5.10 Å². The van der Waals surface area contributed by atoms with Crippen molar-refractivity contribution in [2.45, 2.75) is 24.4 Å². The molecular formula is C17H16ClF3N6O2S. The summed E-state index contributed by atoms with van der Waals surface area (Å²) >= 11 is 7.25. The Bertz CT molecular complexity index is 1050. The largest absolute Gasteiger partial charge is 0.476 e. The number of rotatable bonds is 7. The maximum atomic E-state index is 12.4. The van der Waals surface area contributed by atoms with Crippen molar-refractivity contribution < 1.29 is 22.7 Å². The maximum absolute atomic E-state index is 12.4. The molecule has 3 rings (SSSR count). The first kappa shape index (κ1) is 22.0. The SMILES string of the molecule is Cc1nn(C)cc1SNC(=O)c1ccc(-n2ccc(OCCC(F)(F)F)n2)nc1Cl. The number of nitrogens with one attached hydrogen (secondary N) is 1. The third-order valence-electron chi connectivity index (χ3n) is 3.74. The van der Waals surface area contributed by atoms with Crippen molar-refractivity contribution in [3.63, 3.8) is 0 Å². The van der Waals surface area contributed by atoms with E-state index in [4.69, 9.17) is 16.3 Å². The van der Waals surface area contributed by atoms with Crippen molar-refractivity contribution >= 4 is 29.5 Å². The first-order chi connectivity index (χ1) is 14.1. The second-order valence-electron chi connectivity index (χ2n) is 6.11. The molecule has 3 heterocycles. The van der Waals surface area contributed by atoms with Crippen LogP contribution in [0.4, 0.5) is 13.2 Å². The molecule has 0 atom stereocenters. The molecule has 0 aromatic carbocycles. The quantitative estimate of drug-likeness (QED) is 0.427. The number of hydrogen-bond acceptors (Lipinski definition) is 6. The molecule has 3 aromatic heterocycles. The first-order valence-electron chi connectivity index (χ1n) is 8.52. The van der Waals surface area contributed by atoms with Crippen molar-refractivity contribution in [1.82, 2.24) is 29.3 Å². The van der Waals surface area contributed by atoms with E-state index >= 15 is 0 Å².